The largest absolute Gasteiger partial charge is 0.481 e. The third-order valence-corrected chi connectivity index (χ3v) is 3.06. The highest BCUT2D eigenvalue weighted by molar-refractivity contribution is 5.94. The van der Waals surface area contributed by atoms with Gasteiger partial charge in [-0.3, -0.25) is 4.79 Å². The molecule has 0 saturated carbocycles. The van der Waals surface area contributed by atoms with Crippen molar-refractivity contribution < 1.29 is 14.6 Å². The lowest BCUT2D eigenvalue weighted by Gasteiger charge is -2.15. The number of anilines is 1. The molecule has 0 aromatic heterocycles. The molecule has 2 aromatic rings. The summed E-state index contributed by atoms with van der Waals surface area (Å²) in [6, 6.07) is 16.3. The quantitative estimate of drug-likeness (QED) is 0.887. The normalized spacial score (nSPS) is 13.3. The number of amides is 1. The Balaban J connectivity index is 1.99. The Morgan fingerprint density at radius 1 is 1.10 bits per heavy atom. The third kappa shape index (κ3) is 4.33. The summed E-state index contributed by atoms with van der Waals surface area (Å²) in [5.74, 6) is 0.416. The molecule has 0 bridgehead atoms. The number of hydrogen-bond donors (Lipinski definition) is 2. The van der Waals surface area contributed by atoms with Crippen LogP contribution in [0.1, 0.15) is 25.5 Å². The number of nitrogens with one attached hydrogen (secondary N) is 1. The Hall–Kier alpha value is -2.33. The number of aliphatic hydroxyl groups is 1. The average Bonchev–Trinajstić information content (AvgIpc) is 2.48. The Morgan fingerprint density at radius 2 is 1.81 bits per heavy atom. The van der Waals surface area contributed by atoms with Crippen LogP contribution in [0.3, 0.4) is 0 Å². The molecule has 0 saturated heterocycles. The lowest BCUT2D eigenvalue weighted by atomic mass is 10.1. The van der Waals surface area contributed by atoms with Gasteiger partial charge in [-0.25, -0.2) is 0 Å². The second kappa shape index (κ2) is 6.90. The number of hydrogen-bond acceptors (Lipinski definition) is 3. The van der Waals surface area contributed by atoms with Crippen LogP contribution in [0.4, 0.5) is 5.69 Å². The van der Waals surface area contributed by atoms with Crippen molar-refractivity contribution in [3.8, 4) is 5.75 Å². The summed E-state index contributed by atoms with van der Waals surface area (Å²) in [6.45, 7) is 3.38. The van der Waals surface area contributed by atoms with E-state index < -0.39 is 12.2 Å². The van der Waals surface area contributed by atoms with Crippen LogP contribution in [0, 0.1) is 0 Å². The first-order valence-electron chi connectivity index (χ1n) is 6.87. The van der Waals surface area contributed by atoms with Crippen molar-refractivity contribution in [2.24, 2.45) is 0 Å². The summed E-state index contributed by atoms with van der Waals surface area (Å²) in [7, 11) is 0. The van der Waals surface area contributed by atoms with Crippen molar-refractivity contribution in [2.45, 2.75) is 26.1 Å². The van der Waals surface area contributed by atoms with Crippen LogP contribution in [0.25, 0.3) is 0 Å². The van der Waals surface area contributed by atoms with E-state index >= 15 is 0 Å². The Morgan fingerprint density at radius 3 is 2.48 bits per heavy atom. The summed E-state index contributed by atoms with van der Waals surface area (Å²) in [4.78, 5) is 12.1. The Labute approximate surface area is 124 Å². The van der Waals surface area contributed by atoms with Crippen LogP contribution in [0.15, 0.2) is 54.6 Å². The molecular weight excluding hydrogens is 266 g/mol. The highest BCUT2D eigenvalue weighted by Crippen LogP contribution is 2.18. The van der Waals surface area contributed by atoms with E-state index in [9.17, 15) is 9.90 Å². The fourth-order valence-corrected chi connectivity index (χ4v) is 1.88. The van der Waals surface area contributed by atoms with Gasteiger partial charge in [0.05, 0.1) is 6.10 Å². The zero-order valence-electron chi connectivity index (χ0n) is 12.1. The van der Waals surface area contributed by atoms with E-state index in [1.54, 1.807) is 44.2 Å². The highest BCUT2D eigenvalue weighted by atomic mass is 16.5. The van der Waals surface area contributed by atoms with Gasteiger partial charge >= 0.3 is 0 Å². The van der Waals surface area contributed by atoms with E-state index in [0.29, 0.717) is 11.4 Å². The van der Waals surface area contributed by atoms with Crippen molar-refractivity contribution in [1.29, 1.82) is 0 Å². The fraction of sp³-hybridized carbons (Fsp3) is 0.235. The van der Waals surface area contributed by atoms with Crippen LogP contribution < -0.4 is 10.1 Å². The first-order valence-corrected chi connectivity index (χ1v) is 6.87. The molecule has 21 heavy (non-hydrogen) atoms. The topological polar surface area (TPSA) is 58.6 Å². The molecule has 0 aliphatic heterocycles. The van der Waals surface area contributed by atoms with Gasteiger partial charge < -0.3 is 15.2 Å². The minimum absolute atomic E-state index is 0.235. The highest BCUT2D eigenvalue weighted by Gasteiger charge is 2.15. The van der Waals surface area contributed by atoms with Crippen molar-refractivity contribution in [2.75, 3.05) is 5.32 Å². The van der Waals surface area contributed by atoms with Gasteiger partial charge in [0.25, 0.3) is 5.91 Å². The van der Waals surface area contributed by atoms with E-state index in [1.165, 1.54) is 0 Å². The maximum atomic E-state index is 12.1. The molecule has 0 spiro atoms. The average molecular weight is 285 g/mol. The second-order valence-electron chi connectivity index (χ2n) is 4.86. The number of ether oxygens (including phenoxy) is 1. The zero-order valence-corrected chi connectivity index (χ0v) is 12.1. The number of rotatable bonds is 5. The summed E-state index contributed by atoms with van der Waals surface area (Å²) in [6.07, 6.45) is -1.18. The Bertz CT molecular complexity index is 596. The van der Waals surface area contributed by atoms with Gasteiger partial charge in [-0.2, -0.15) is 0 Å². The minimum Gasteiger partial charge on any atom is -0.481 e. The van der Waals surface area contributed by atoms with Gasteiger partial charge in [-0.05, 0) is 43.7 Å². The second-order valence-corrected chi connectivity index (χ2v) is 4.86. The molecule has 4 heteroatoms. The maximum Gasteiger partial charge on any atom is 0.265 e. The van der Waals surface area contributed by atoms with Crippen LogP contribution in [-0.2, 0) is 4.79 Å². The summed E-state index contributed by atoms with van der Waals surface area (Å²) >= 11 is 0. The Kier molecular flexibility index (Phi) is 4.95. The van der Waals surface area contributed by atoms with Crippen molar-refractivity contribution in [3.05, 3.63) is 60.2 Å². The predicted octanol–water partition coefficient (Wildman–Crippen LogP) is 3.15. The lowest BCUT2D eigenvalue weighted by Crippen LogP contribution is -2.30. The summed E-state index contributed by atoms with van der Waals surface area (Å²) < 4.78 is 5.56. The number of carbonyl (C=O) groups is 1. The van der Waals surface area contributed by atoms with Gasteiger partial charge in [0.1, 0.15) is 5.75 Å². The van der Waals surface area contributed by atoms with Crippen molar-refractivity contribution >= 4 is 11.6 Å². The van der Waals surface area contributed by atoms with Gasteiger partial charge in [0.2, 0.25) is 0 Å². The van der Waals surface area contributed by atoms with E-state index in [4.69, 9.17) is 4.74 Å². The maximum absolute atomic E-state index is 12.1. The first kappa shape index (κ1) is 15.1. The lowest BCUT2D eigenvalue weighted by molar-refractivity contribution is -0.122. The summed E-state index contributed by atoms with van der Waals surface area (Å²) in [5.41, 5.74) is 1.39. The molecular formula is C17H19NO3. The van der Waals surface area contributed by atoms with E-state index in [0.717, 1.165) is 5.56 Å². The number of benzene rings is 2. The minimum atomic E-state index is -0.609. The number of para-hydroxylation sites is 1. The molecule has 0 unspecified atom stereocenters. The van der Waals surface area contributed by atoms with E-state index in [-0.39, 0.29) is 5.91 Å². The standard InChI is InChI=1S/C17H19NO3/c1-12(19)14-7-6-8-15(11-14)18-17(20)13(2)21-16-9-4-3-5-10-16/h3-13,19H,1-2H3,(H,18,20)/t12-,13-/m1/s1. The third-order valence-electron chi connectivity index (χ3n) is 3.06. The molecule has 0 aliphatic rings. The molecule has 0 aliphatic carbocycles. The first-order chi connectivity index (χ1) is 10.1. The molecule has 1 amide bonds. The summed E-state index contributed by atoms with van der Waals surface area (Å²) in [5, 5.41) is 12.3. The van der Waals surface area contributed by atoms with Gasteiger partial charge in [0.15, 0.2) is 6.10 Å². The van der Waals surface area contributed by atoms with Crippen molar-refractivity contribution in [3.63, 3.8) is 0 Å². The number of carbonyl (C=O) groups excluding carboxylic acids is 1. The predicted molar refractivity (Wildman–Crippen MR) is 82.2 cm³/mol. The molecule has 2 atom stereocenters. The molecule has 0 heterocycles. The van der Waals surface area contributed by atoms with Crippen LogP contribution in [-0.4, -0.2) is 17.1 Å². The van der Waals surface area contributed by atoms with Crippen LogP contribution >= 0.6 is 0 Å². The van der Waals surface area contributed by atoms with Gasteiger partial charge in [-0.1, -0.05) is 30.3 Å². The van der Waals surface area contributed by atoms with Crippen LogP contribution in [0.5, 0.6) is 5.75 Å². The fourth-order valence-electron chi connectivity index (χ4n) is 1.88. The molecule has 0 fully saturated rings. The molecule has 2 rings (SSSR count). The van der Waals surface area contributed by atoms with E-state index in [1.807, 2.05) is 24.3 Å². The van der Waals surface area contributed by atoms with Gasteiger partial charge in [-0.15, -0.1) is 0 Å². The van der Waals surface area contributed by atoms with Crippen molar-refractivity contribution in [1.82, 2.24) is 0 Å². The van der Waals surface area contributed by atoms with Crippen LogP contribution in [0.2, 0.25) is 0 Å². The number of aliphatic hydroxyl groups excluding tert-OH is 1. The zero-order chi connectivity index (χ0) is 15.2. The molecule has 0 radical (unpaired) electrons. The molecule has 2 N–H and O–H groups in total. The smallest absolute Gasteiger partial charge is 0.265 e. The van der Waals surface area contributed by atoms with E-state index in [2.05, 4.69) is 5.32 Å². The molecule has 110 valence electrons. The van der Waals surface area contributed by atoms with Gasteiger partial charge in [0, 0.05) is 5.69 Å². The SMILES string of the molecule is C[C@@H](Oc1ccccc1)C(=O)Nc1cccc([C@@H](C)O)c1. The monoisotopic (exact) mass is 285 g/mol. The molecule has 2 aromatic carbocycles. The molecule has 4 nitrogen and oxygen atoms in total.